The molecule has 1 aromatic carbocycles. The lowest BCUT2D eigenvalue weighted by Gasteiger charge is -2.11. The summed E-state index contributed by atoms with van der Waals surface area (Å²) in [6, 6.07) is 7.54. The third kappa shape index (κ3) is 3.58. The molecular weight excluding hydrogens is 405 g/mol. The molecule has 0 aliphatic carbocycles. The number of aryl methyl sites for hydroxylation is 1. The number of rotatable bonds is 5. The first-order valence-corrected chi connectivity index (χ1v) is 9.66. The number of aromatic nitrogens is 4. The van der Waals surface area contributed by atoms with Gasteiger partial charge < -0.3 is 10.1 Å². The first-order valence-electron chi connectivity index (χ1n) is 8.09. The molecule has 0 amide bonds. The fourth-order valence-corrected chi connectivity index (χ4v) is 4.08. The van der Waals surface area contributed by atoms with Crippen LogP contribution in [-0.4, -0.2) is 26.6 Å². The van der Waals surface area contributed by atoms with E-state index in [1.165, 1.54) is 11.3 Å². The van der Waals surface area contributed by atoms with Crippen LogP contribution in [0.25, 0.3) is 16.2 Å². The maximum Gasteiger partial charge on any atom is 0.238 e. The van der Waals surface area contributed by atoms with E-state index < -0.39 is 0 Å². The van der Waals surface area contributed by atoms with E-state index in [1.54, 1.807) is 13.3 Å². The number of anilines is 1. The number of hydrogen-bond acceptors (Lipinski definition) is 6. The van der Waals surface area contributed by atoms with Crippen LogP contribution in [0.4, 0.5) is 5.82 Å². The normalized spacial score (nSPS) is 11.1. The maximum atomic E-state index is 6.22. The third-order valence-corrected chi connectivity index (χ3v) is 5.52. The van der Waals surface area contributed by atoms with Crippen LogP contribution >= 0.6 is 34.5 Å². The summed E-state index contributed by atoms with van der Waals surface area (Å²) in [6.07, 6.45) is 3.55. The largest absolute Gasteiger partial charge is 0.495 e. The molecule has 0 atom stereocenters. The van der Waals surface area contributed by atoms with Gasteiger partial charge in [-0.3, -0.25) is 4.57 Å². The molecule has 6 nitrogen and oxygen atoms in total. The summed E-state index contributed by atoms with van der Waals surface area (Å²) in [4.78, 5) is 14.4. The molecule has 1 N–H and O–H groups in total. The molecular formula is C18H15Cl2N5OS. The molecule has 0 spiro atoms. The molecule has 0 bridgehead atoms. The molecule has 0 saturated heterocycles. The standard InChI is InChI=1S/C18H15Cl2N5OS/c1-10-21-5-6-25(10)18-23-16(12-8-15(20)27-17(12)24-18)22-9-11-3-4-14(26-2)13(19)7-11/h3-8H,9H2,1-2H3,(H,22,23,24). The van der Waals surface area contributed by atoms with Crippen LogP contribution in [0, 0.1) is 6.92 Å². The topological polar surface area (TPSA) is 64.9 Å². The summed E-state index contributed by atoms with van der Waals surface area (Å²) in [6.45, 7) is 2.45. The van der Waals surface area contributed by atoms with Crippen molar-refractivity contribution in [3.05, 3.63) is 57.4 Å². The molecule has 4 rings (SSSR count). The second kappa shape index (κ2) is 7.34. The SMILES string of the molecule is COc1ccc(CNc2nc(-n3ccnc3C)nc3sc(Cl)cc23)cc1Cl. The second-order valence-corrected chi connectivity index (χ2v) is 7.88. The fourth-order valence-electron chi connectivity index (χ4n) is 2.72. The summed E-state index contributed by atoms with van der Waals surface area (Å²) in [7, 11) is 1.59. The van der Waals surface area contributed by atoms with Crippen molar-refractivity contribution < 1.29 is 4.74 Å². The number of benzene rings is 1. The van der Waals surface area contributed by atoms with Crippen molar-refractivity contribution in [1.82, 2.24) is 19.5 Å². The fraction of sp³-hybridized carbons (Fsp3) is 0.167. The number of halogens is 2. The minimum atomic E-state index is 0.547. The van der Waals surface area contributed by atoms with E-state index in [9.17, 15) is 0 Å². The van der Waals surface area contributed by atoms with Gasteiger partial charge in [-0.2, -0.15) is 4.98 Å². The smallest absolute Gasteiger partial charge is 0.238 e. The highest BCUT2D eigenvalue weighted by Gasteiger charge is 2.14. The molecule has 0 aliphatic heterocycles. The van der Waals surface area contributed by atoms with Crippen molar-refractivity contribution in [3.8, 4) is 11.7 Å². The van der Waals surface area contributed by atoms with Crippen LogP contribution in [0.2, 0.25) is 9.36 Å². The molecule has 0 saturated carbocycles. The highest BCUT2D eigenvalue weighted by molar-refractivity contribution is 7.22. The van der Waals surface area contributed by atoms with Gasteiger partial charge in [-0.1, -0.05) is 29.3 Å². The van der Waals surface area contributed by atoms with E-state index in [4.69, 9.17) is 27.9 Å². The highest BCUT2D eigenvalue weighted by Crippen LogP contribution is 2.33. The summed E-state index contributed by atoms with van der Waals surface area (Å²) in [5, 5.41) is 4.82. The van der Waals surface area contributed by atoms with Gasteiger partial charge >= 0.3 is 0 Å². The van der Waals surface area contributed by atoms with E-state index in [-0.39, 0.29) is 0 Å². The first kappa shape index (κ1) is 18.0. The highest BCUT2D eigenvalue weighted by atomic mass is 35.5. The van der Waals surface area contributed by atoms with Crippen molar-refractivity contribution in [2.75, 3.05) is 12.4 Å². The van der Waals surface area contributed by atoms with Crippen LogP contribution in [-0.2, 0) is 6.54 Å². The van der Waals surface area contributed by atoms with Crippen LogP contribution in [0.5, 0.6) is 5.75 Å². The molecule has 3 heterocycles. The van der Waals surface area contributed by atoms with Gasteiger partial charge in [0.2, 0.25) is 5.95 Å². The second-order valence-electron chi connectivity index (χ2n) is 5.81. The van der Waals surface area contributed by atoms with Crippen molar-refractivity contribution in [3.63, 3.8) is 0 Å². The van der Waals surface area contributed by atoms with E-state index in [0.29, 0.717) is 33.4 Å². The minimum absolute atomic E-state index is 0.547. The Hall–Kier alpha value is -2.35. The van der Waals surface area contributed by atoms with Crippen LogP contribution in [0.3, 0.4) is 0 Å². The average molecular weight is 420 g/mol. The van der Waals surface area contributed by atoms with Gasteiger partial charge in [-0.15, -0.1) is 11.3 Å². The van der Waals surface area contributed by atoms with Crippen LogP contribution in [0.1, 0.15) is 11.4 Å². The van der Waals surface area contributed by atoms with E-state index in [1.807, 2.05) is 42.0 Å². The predicted octanol–water partition coefficient (Wildman–Crippen LogP) is 5.11. The zero-order chi connectivity index (χ0) is 19.0. The Morgan fingerprint density at radius 1 is 1.22 bits per heavy atom. The number of nitrogens with one attached hydrogen (secondary N) is 1. The molecule has 9 heteroatoms. The summed E-state index contributed by atoms with van der Waals surface area (Å²) >= 11 is 13.8. The Bertz CT molecular complexity index is 1120. The van der Waals surface area contributed by atoms with Crippen LogP contribution in [0.15, 0.2) is 36.7 Å². The lowest BCUT2D eigenvalue weighted by Crippen LogP contribution is -2.07. The summed E-state index contributed by atoms with van der Waals surface area (Å²) < 4.78 is 7.69. The molecule has 3 aromatic heterocycles. The number of nitrogens with zero attached hydrogens (tertiary/aromatic N) is 4. The van der Waals surface area contributed by atoms with E-state index in [0.717, 1.165) is 21.6 Å². The van der Waals surface area contributed by atoms with Crippen molar-refractivity contribution in [2.24, 2.45) is 0 Å². The van der Waals surface area contributed by atoms with Crippen molar-refractivity contribution in [1.29, 1.82) is 0 Å². The molecule has 4 aromatic rings. The number of ether oxygens (including phenoxy) is 1. The van der Waals surface area contributed by atoms with Gasteiger partial charge in [-0.25, -0.2) is 9.97 Å². The van der Waals surface area contributed by atoms with E-state index in [2.05, 4.69) is 20.3 Å². The van der Waals surface area contributed by atoms with Gasteiger partial charge in [0, 0.05) is 18.9 Å². The Kier molecular flexibility index (Phi) is 4.90. The number of imidazole rings is 1. The monoisotopic (exact) mass is 419 g/mol. The molecule has 0 radical (unpaired) electrons. The van der Waals surface area contributed by atoms with Gasteiger partial charge in [0.15, 0.2) is 0 Å². The molecule has 0 unspecified atom stereocenters. The Balaban J connectivity index is 1.70. The summed E-state index contributed by atoms with van der Waals surface area (Å²) in [5.41, 5.74) is 1.01. The van der Waals surface area contributed by atoms with Crippen LogP contribution < -0.4 is 10.1 Å². The van der Waals surface area contributed by atoms with Gasteiger partial charge in [0.25, 0.3) is 0 Å². The molecule has 138 valence electrons. The molecule has 0 aliphatic rings. The van der Waals surface area contributed by atoms with Crippen molar-refractivity contribution >= 4 is 50.6 Å². The van der Waals surface area contributed by atoms with Crippen molar-refractivity contribution in [2.45, 2.75) is 13.5 Å². The number of fused-ring (bicyclic) bond motifs is 1. The lowest BCUT2D eigenvalue weighted by atomic mass is 10.2. The zero-order valence-corrected chi connectivity index (χ0v) is 16.9. The molecule has 27 heavy (non-hydrogen) atoms. The Morgan fingerprint density at radius 2 is 2.07 bits per heavy atom. The third-order valence-electron chi connectivity index (χ3n) is 4.07. The van der Waals surface area contributed by atoms with Gasteiger partial charge in [-0.05, 0) is 30.7 Å². The number of hydrogen-bond donors (Lipinski definition) is 1. The Labute approximate surface area is 169 Å². The quantitative estimate of drug-likeness (QED) is 0.486. The average Bonchev–Trinajstić information content (AvgIpc) is 3.24. The van der Waals surface area contributed by atoms with Gasteiger partial charge in [0.1, 0.15) is 22.2 Å². The lowest BCUT2D eigenvalue weighted by molar-refractivity contribution is 0.415. The van der Waals surface area contributed by atoms with Gasteiger partial charge in [0.05, 0.1) is 21.9 Å². The maximum absolute atomic E-state index is 6.22. The Morgan fingerprint density at radius 3 is 2.78 bits per heavy atom. The van der Waals surface area contributed by atoms with E-state index >= 15 is 0 Å². The first-order chi connectivity index (χ1) is 13.0. The molecule has 0 fully saturated rings. The minimum Gasteiger partial charge on any atom is -0.495 e. The summed E-state index contributed by atoms with van der Waals surface area (Å²) in [5.74, 6) is 2.71. The number of thiophene rings is 1. The predicted molar refractivity (Wildman–Crippen MR) is 110 cm³/mol. The zero-order valence-electron chi connectivity index (χ0n) is 14.5. The number of methoxy groups -OCH3 is 1.